The number of hydrogen-bond donors (Lipinski definition) is 1. The first-order valence-electron chi connectivity index (χ1n) is 7.65. The molecule has 2 aromatic carbocycles. The van der Waals surface area contributed by atoms with Crippen LogP contribution in [0.25, 0.3) is 5.69 Å². The van der Waals surface area contributed by atoms with Crippen molar-refractivity contribution in [1.29, 1.82) is 5.26 Å². The minimum absolute atomic E-state index is 0.0308. The molecular weight excluding hydrogens is 303 g/mol. The monoisotopic (exact) mass is 320 g/mol. The van der Waals surface area contributed by atoms with Crippen LogP contribution in [0.1, 0.15) is 22.5 Å². The highest BCUT2D eigenvalue weighted by Crippen LogP contribution is 2.22. The van der Waals surface area contributed by atoms with E-state index in [2.05, 4.69) is 10.4 Å². The molecule has 0 saturated carbocycles. The van der Waals surface area contributed by atoms with Crippen LogP contribution in [0.5, 0.6) is 0 Å². The lowest BCUT2D eigenvalue weighted by molar-refractivity contribution is 0.624. The first-order chi connectivity index (χ1) is 11.6. The van der Waals surface area contributed by atoms with Crippen LogP contribution >= 0.6 is 0 Å². The topological polar surface area (TPSA) is 53.6 Å². The molecule has 3 rings (SSSR count). The molecule has 4 nitrogen and oxygen atoms in total. The second kappa shape index (κ2) is 6.55. The van der Waals surface area contributed by atoms with Gasteiger partial charge in [-0.2, -0.15) is 10.4 Å². The summed E-state index contributed by atoms with van der Waals surface area (Å²) >= 11 is 0. The highest BCUT2D eigenvalue weighted by molar-refractivity contribution is 5.58. The summed E-state index contributed by atoms with van der Waals surface area (Å²) in [5, 5.41) is 16.9. The van der Waals surface area contributed by atoms with Crippen LogP contribution in [0.2, 0.25) is 0 Å². The molecule has 0 unspecified atom stereocenters. The third-order valence-electron chi connectivity index (χ3n) is 4.02. The van der Waals surface area contributed by atoms with Crippen LogP contribution in [0, 0.1) is 31.0 Å². The number of rotatable bonds is 4. The summed E-state index contributed by atoms with van der Waals surface area (Å²) in [6.07, 6.45) is 0. The van der Waals surface area contributed by atoms with Crippen molar-refractivity contribution in [2.75, 3.05) is 5.32 Å². The van der Waals surface area contributed by atoms with E-state index in [-0.39, 0.29) is 5.56 Å². The number of nitriles is 1. The van der Waals surface area contributed by atoms with Gasteiger partial charge in [0.05, 0.1) is 17.1 Å². The number of nitrogens with zero attached hydrogens (tertiary/aromatic N) is 3. The molecule has 3 aromatic rings. The maximum absolute atomic E-state index is 13.7. The molecule has 5 heteroatoms. The lowest BCUT2D eigenvalue weighted by atomic mass is 10.1. The van der Waals surface area contributed by atoms with Gasteiger partial charge in [-0.15, -0.1) is 0 Å². The number of para-hydroxylation sites is 1. The standard InChI is InChI=1S/C19H17FN4/c1-13-17(12-22-19-10-6-9-18(20)16(19)11-21)14(2)24(23-13)15-7-4-3-5-8-15/h3-10,22H,12H2,1-2H3. The summed E-state index contributed by atoms with van der Waals surface area (Å²) in [5.41, 5.74) is 4.46. The van der Waals surface area contributed by atoms with Crippen molar-refractivity contribution in [2.45, 2.75) is 20.4 Å². The van der Waals surface area contributed by atoms with Crippen LogP contribution in [-0.4, -0.2) is 9.78 Å². The second-order valence-electron chi connectivity index (χ2n) is 5.52. The van der Waals surface area contributed by atoms with Crippen molar-refractivity contribution >= 4 is 5.69 Å². The third-order valence-corrected chi connectivity index (χ3v) is 4.02. The van der Waals surface area contributed by atoms with E-state index in [1.807, 2.05) is 54.9 Å². The van der Waals surface area contributed by atoms with Crippen molar-refractivity contribution in [3.63, 3.8) is 0 Å². The van der Waals surface area contributed by atoms with Gasteiger partial charge in [0.2, 0.25) is 0 Å². The smallest absolute Gasteiger partial charge is 0.143 e. The molecule has 1 N–H and O–H groups in total. The first-order valence-corrected chi connectivity index (χ1v) is 7.65. The Balaban J connectivity index is 1.89. The quantitative estimate of drug-likeness (QED) is 0.787. The molecule has 1 heterocycles. The van der Waals surface area contributed by atoms with E-state index in [9.17, 15) is 4.39 Å². The molecule has 24 heavy (non-hydrogen) atoms. The summed E-state index contributed by atoms with van der Waals surface area (Å²) in [6.45, 7) is 4.42. The van der Waals surface area contributed by atoms with Crippen LogP contribution < -0.4 is 5.32 Å². The third kappa shape index (κ3) is 2.86. The van der Waals surface area contributed by atoms with Crippen molar-refractivity contribution in [1.82, 2.24) is 9.78 Å². The van der Waals surface area contributed by atoms with Gasteiger partial charge >= 0.3 is 0 Å². The van der Waals surface area contributed by atoms with Gasteiger partial charge in [0, 0.05) is 17.8 Å². The predicted molar refractivity (Wildman–Crippen MR) is 91.5 cm³/mol. The van der Waals surface area contributed by atoms with Crippen LogP contribution in [-0.2, 0) is 6.54 Å². The Hall–Kier alpha value is -3.13. The van der Waals surface area contributed by atoms with E-state index in [1.54, 1.807) is 12.1 Å². The fraction of sp³-hybridized carbons (Fsp3) is 0.158. The lowest BCUT2D eigenvalue weighted by Gasteiger charge is -2.09. The maximum Gasteiger partial charge on any atom is 0.143 e. The zero-order chi connectivity index (χ0) is 17.1. The van der Waals surface area contributed by atoms with Gasteiger partial charge in [-0.1, -0.05) is 24.3 Å². The van der Waals surface area contributed by atoms with Crippen molar-refractivity contribution < 1.29 is 4.39 Å². The Bertz CT molecular complexity index is 907. The predicted octanol–water partition coefficient (Wildman–Crippen LogP) is 4.11. The average Bonchev–Trinajstić information content (AvgIpc) is 2.88. The maximum atomic E-state index is 13.7. The zero-order valence-corrected chi connectivity index (χ0v) is 13.5. The molecule has 120 valence electrons. The van der Waals surface area contributed by atoms with Crippen LogP contribution in [0.4, 0.5) is 10.1 Å². The molecule has 0 radical (unpaired) electrons. The number of aryl methyl sites for hydroxylation is 1. The summed E-state index contributed by atoms with van der Waals surface area (Å²) in [4.78, 5) is 0. The zero-order valence-electron chi connectivity index (χ0n) is 13.5. The first kappa shape index (κ1) is 15.8. The van der Waals surface area contributed by atoms with Crippen molar-refractivity contribution in [3.05, 3.63) is 76.9 Å². The van der Waals surface area contributed by atoms with E-state index in [1.165, 1.54) is 6.07 Å². The van der Waals surface area contributed by atoms with E-state index < -0.39 is 5.82 Å². The molecule has 0 aliphatic carbocycles. The molecule has 0 spiro atoms. The number of aromatic nitrogens is 2. The Morgan fingerprint density at radius 2 is 1.88 bits per heavy atom. The molecular formula is C19H17FN4. The Morgan fingerprint density at radius 1 is 1.12 bits per heavy atom. The fourth-order valence-corrected chi connectivity index (χ4v) is 2.72. The minimum atomic E-state index is -0.518. The average molecular weight is 320 g/mol. The molecule has 0 bridgehead atoms. The summed E-state index contributed by atoms with van der Waals surface area (Å²) in [7, 11) is 0. The van der Waals surface area contributed by atoms with Gasteiger partial charge in [0.1, 0.15) is 17.4 Å². The van der Waals surface area contributed by atoms with Gasteiger partial charge in [-0.25, -0.2) is 9.07 Å². The number of anilines is 1. The molecule has 0 aliphatic heterocycles. The SMILES string of the molecule is Cc1nn(-c2ccccc2)c(C)c1CNc1cccc(F)c1C#N. The molecule has 0 atom stereocenters. The molecule has 0 amide bonds. The number of hydrogen-bond acceptors (Lipinski definition) is 3. The fourth-order valence-electron chi connectivity index (χ4n) is 2.72. The van der Waals surface area contributed by atoms with Crippen molar-refractivity contribution in [3.8, 4) is 11.8 Å². The number of halogens is 1. The van der Waals surface area contributed by atoms with E-state index in [0.717, 1.165) is 22.6 Å². The summed E-state index contributed by atoms with van der Waals surface area (Å²) in [5.74, 6) is -0.518. The van der Waals surface area contributed by atoms with Crippen LogP contribution in [0.3, 0.4) is 0 Å². The number of benzene rings is 2. The largest absolute Gasteiger partial charge is 0.380 e. The van der Waals surface area contributed by atoms with Crippen LogP contribution in [0.15, 0.2) is 48.5 Å². The Labute approximate surface area is 140 Å². The minimum Gasteiger partial charge on any atom is -0.380 e. The number of nitrogens with one attached hydrogen (secondary N) is 1. The van der Waals surface area contributed by atoms with Gasteiger partial charge in [-0.3, -0.25) is 0 Å². The highest BCUT2D eigenvalue weighted by atomic mass is 19.1. The molecule has 0 aliphatic rings. The lowest BCUT2D eigenvalue weighted by Crippen LogP contribution is -2.05. The molecule has 0 saturated heterocycles. The Morgan fingerprint density at radius 3 is 2.58 bits per heavy atom. The van der Waals surface area contributed by atoms with E-state index in [0.29, 0.717) is 12.2 Å². The van der Waals surface area contributed by atoms with Gasteiger partial charge in [0.15, 0.2) is 0 Å². The van der Waals surface area contributed by atoms with Gasteiger partial charge in [-0.05, 0) is 38.1 Å². The summed E-state index contributed by atoms with van der Waals surface area (Å²) in [6, 6.07) is 16.4. The summed E-state index contributed by atoms with van der Waals surface area (Å²) < 4.78 is 15.6. The van der Waals surface area contributed by atoms with Gasteiger partial charge in [0.25, 0.3) is 0 Å². The van der Waals surface area contributed by atoms with Gasteiger partial charge < -0.3 is 5.32 Å². The second-order valence-corrected chi connectivity index (χ2v) is 5.52. The van der Waals surface area contributed by atoms with E-state index in [4.69, 9.17) is 5.26 Å². The molecule has 1 aromatic heterocycles. The Kier molecular flexibility index (Phi) is 4.30. The normalized spacial score (nSPS) is 10.4. The van der Waals surface area contributed by atoms with E-state index >= 15 is 0 Å². The van der Waals surface area contributed by atoms with Crippen molar-refractivity contribution in [2.24, 2.45) is 0 Å². The highest BCUT2D eigenvalue weighted by Gasteiger charge is 2.14. The molecule has 0 fully saturated rings.